The van der Waals surface area contributed by atoms with E-state index in [0.29, 0.717) is 17.9 Å². The number of phenols is 1. The number of hydrogen-bond acceptors (Lipinski definition) is 5. The average molecular weight is 447 g/mol. The van der Waals surface area contributed by atoms with Crippen LogP contribution in [0, 0.1) is 0 Å². The molecule has 0 saturated heterocycles. The summed E-state index contributed by atoms with van der Waals surface area (Å²) in [6.45, 7) is 6.86. The summed E-state index contributed by atoms with van der Waals surface area (Å²) in [4.78, 5) is 12.5. The predicted octanol–water partition coefficient (Wildman–Crippen LogP) is 6.18. The molecule has 0 spiro atoms. The van der Waals surface area contributed by atoms with Crippen molar-refractivity contribution in [1.29, 1.82) is 0 Å². The van der Waals surface area contributed by atoms with Crippen LogP contribution < -0.4 is 14.2 Å². The lowest BCUT2D eigenvalue weighted by atomic mass is 9.87. The van der Waals surface area contributed by atoms with Crippen LogP contribution in [-0.4, -0.2) is 25.1 Å². The van der Waals surface area contributed by atoms with E-state index >= 15 is 0 Å². The normalized spacial score (nSPS) is 11.4. The third-order valence-electron chi connectivity index (χ3n) is 5.31. The van der Waals surface area contributed by atoms with Crippen molar-refractivity contribution in [3.05, 3.63) is 89.0 Å². The van der Waals surface area contributed by atoms with Crippen LogP contribution in [-0.2, 0) is 12.0 Å². The van der Waals surface area contributed by atoms with Gasteiger partial charge in [0.15, 0.2) is 17.3 Å². The smallest absolute Gasteiger partial charge is 0.185 e. The molecule has 0 radical (unpaired) electrons. The van der Waals surface area contributed by atoms with Crippen molar-refractivity contribution >= 4 is 11.9 Å². The summed E-state index contributed by atoms with van der Waals surface area (Å²) >= 11 is 0. The molecule has 5 heteroatoms. The van der Waals surface area contributed by atoms with Gasteiger partial charge in [0, 0.05) is 11.1 Å². The second-order valence-electron chi connectivity index (χ2n) is 8.72. The van der Waals surface area contributed by atoms with Crippen molar-refractivity contribution in [2.75, 3.05) is 14.2 Å². The number of carbonyl (C=O) groups excluding carboxylic acids is 1. The fourth-order valence-corrected chi connectivity index (χ4v) is 3.33. The van der Waals surface area contributed by atoms with Crippen molar-refractivity contribution in [3.63, 3.8) is 0 Å². The molecule has 0 aromatic heterocycles. The molecule has 3 rings (SSSR count). The number of aromatic hydroxyl groups is 1. The van der Waals surface area contributed by atoms with E-state index in [1.54, 1.807) is 19.3 Å². The quantitative estimate of drug-likeness (QED) is 0.331. The number of carbonyl (C=O) groups is 1. The first-order chi connectivity index (χ1) is 15.7. The van der Waals surface area contributed by atoms with E-state index < -0.39 is 0 Å². The standard InChI is InChI=1S/C28H30O5/c1-28(2,3)22-9-11-23(12-10-22)33-18-21-16-19(7-15-26(21)31-4)6-13-24(29)20-8-14-25(30)27(17-20)32-5/h6-17,30H,18H2,1-5H3/b13-6+. The first-order valence-electron chi connectivity index (χ1n) is 10.7. The fraction of sp³-hybridized carbons (Fsp3) is 0.250. The molecular formula is C28H30O5. The molecule has 3 aromatic rings. The number of benzene rings is 3. The highest BCUT2D eigenvalue weighted by atomic mass is 16.5. The Balaban J connectivity index is 1.73. The molecule has 1 N–H and O–H groups in total. The van der Waals surface area contributed by atoms with Crippen LogP contribution in [0.15, 0.2) is 66.7 Å². The molecule has 0 saturated carbocycles. The maximum absolute atomic E-state index is 12.5. The molecule has 0 fully saturated rings. The summed E-state index contributed by atoms with van der Waals surface area (Å²) in [6.07, 6.45) is 3.23. The number of ketones is 1. The lowest BCUT2D eigenvalue weighted by molar-refractivity contribution is 0.104. The van der Waals surface area contributed by atoms with Gasteiger partial charge in [-0.3, -0.25) is 4.79 Å². The van der Waals surface area contributed by atoms with E-state index in [9.17, 15) is 9.90 Å². The highest BCUT2D eigenvalue weighted by Crippen LogP contribution is 2.28. The van der Waals surface area contributed by atoms with Crippen LogP contribution >= 0.6 is 0 Å². The molecule has 0 atom stereocenters. The number of ether oxygens (including phenoxy) is 3. The zero-order valence-corrected chi connectivity index (χ0v) is 19.7. The molecule has 0 aliphatic carbocycles. The maximum Gasteiger partial charge on any atom is 0.185 e. The third kappa shape index (κ3) is 6.16. The second-order valence-corrected chi connectivity index (χ2v) is 8.72. The molecule has 33 heavy (non-hydrogen) atoms. The molecular weight excluding hydrogens is 416 g/mol. The van der Waals surface area contributed by atoms with Gasteiger partial charge < -0.3 is 19.3 Å². The number of phenolic OH excluding ortho intramolecular Hbond substituents is 1. The van der Waals surface area contributed by atoms with Gasteiger partial charge in [-0.25, -0.2) is 0 Å². The summed E-state index contributed by atoms with van der Waals surface area (Å²) in [5, 5.41) is 9.71. The molecule has 5 nitrogen and oxygen atoms in total. The Morgan fingerprint density at radius 2 is 1.61 bits per heavy atom. The summed E-state index contributed by atoms with van der Waals surface area (Å²) in [7, 11) is 3.06. The Morgan fingerprint density at radius 1 is 0.909 bits per heavy atom. The largest absolute Gasteiger partial charge is 0.504 e. The van der Waals surface area contributed by atoms with E-state index in [4.69, 9.17) is 14.2 Å². The van der Waals surface area contributed by atoms with Crippen LogP contribution in [0.3, 0.4) is 0 Å². The lowest BCUT2D eigenvalue weighted by Crippen LogP contribution is -2.10. The number of allylic oxidation sites excluding steroid dienone is 1. The van der Waals surface area contributed by atoms with Crippen LogP contribution in [0.5, 0.6) is 23.0 Å². The Labute approximate surface area is 195 Å². The van der Waals surface area contributed by atoms with Crippen molar-refractivity contribution in [3.8, 4) is 23.0 Å². The van der Waals surface area contributed by atoms with Gasteiger partial charge in [0.2, 0.25) is 0 Å². The molecule has 0 heterocycles. The monoisotopic (exact) mass is 446 g/mol. The zero-order chi connectivity index (χ0) is 24.0. The summed E-state index contributed by atoms with van der Waals surface area (Å²) < 4.78 is 16.5. The summed E-state index contributed by atoms with van der Waals surface area (Å²) in [5.41, 5.74) is 3.48. The predicted molar refractivity (Wildman–Crippen MR) is 130 cm³/mol. The molecule has 0 bridgehead atoms. The minimum atomic E-state index is -0.194. The Morgan fingerprint density at radius 3 is 2.24 bits per heavy atom. The van der Waals surface area contributed by atoms with Crippen LogP contribution in [0.25, 0.3) is 6.08 Å². The number of hydrogen-bond donors (Lipinski definition) is 1. The van der Waals surface area contributed by atoms with E-state index in [0.717, 1.165) is 16.9 Å². The first kappa shape index (κ1) is 23.9. The van der Waals surface area contributed by atoms with Gasteiger partial charge in [-0.15, -0.1) is 0 Å². The molecule has 0 unspecified atom stereocenters. The SMILES string of the molecule is COc1cc(C(=O)/C=C/c2ccc(OC)c(COc3ccc(C(C)(C)C)cc3)c2)ccc1O. The maximum atomic E-state index is 12.5. The van der Waals surface area contributed by atoms with Gasteiger partial charge in [-0.2, -0.15) is 0 Å². The van der Waals surface area contributed by atoms with Crippen molar-refractivity contribution in [1.82, 2.24) is 0 Å². The molecule has 172 valence electrons. The van der Waals surface area contributed by atoms with Crippen molar-refractivity contribution < 1.29 is 24.1 Å². The van der Waals surface area contributed by atoms with Gasteiger partial charge in [0.25, 0.3) is 0 Å². The summed E-state index contributed by atoms with van der Waals surface area (Å²) in [5.74, 6) is 1.55. The zero-order valence-electron chi connectivity index (χ0n) is 19.7. The van der Waals surface area contributed by atoms with E-state index in [1.807, 2.05) is 30.3 Å². The minimum absolute atomic E-state index is 0.00845. The fourth-order valence-electron chi connectivity index (χ4n) is 3.33. The van der Waals surface area contributed by atoms with Gasteiger partial charge in [0.1, 0.15) is 18.1 Å². The average Bonchev–Trinajstić information content (AvgIpc) is 2.81. The van der Waals surface area contributed by atoms with E-state index in [1.165, 1.54) is 30.9 Å². The van der Waals surface area contributed by atoms with Crippen LogP contribution in [0.4, 0.5) is 0 Å². The topological polar surface area (TPSA) is 65.0 Å². The lowest BCUT2D eigenvalue weighted by Gasteiger charge is -2.19. The van der Waals surface area contributed by atoms with Crippen molar-refractivity contribution in [2.24, 2.45) is 0 Å². The molecule has 0 aliphatic rings. The summed E-state index contributed by atoms with van der Waals surface area (Å²) in [6, 6.07) is 18.3. The Bertz CT molecular complexity index is 1140. The minimum Gasteiger partial charge on any atom is -0.504 e. The third-order valence-corrected chi connectivity index (χ3v) is 5.31. The number of rotatable bonds is 8. The Hall–Kier alpha value is -3.73. The number of methoxy groups -OCH3 is 2. The first-order valence-corrected chi connectivity index (χ1v) is 10.7. The Kier molecular flexibility index (Phi) is 7.44. The van der Waals surface area contributed by atoms with Gasteiger partial charge in [0.05, 0.1) is 14.2 Å². The van der Waals surface area contributed by atoms with Crippen LogP contribution in [0.1, 0.15) is 47.8 Å². The van der Waals surface area contributed by atoms with E-state index in [2.05, 4.69) is 32.9 Å². The second kappa shape index (κ2) is 10.3. The van der Waals surface area contributed by atoms with Gasteiger partial charge in [-0.05, 0) is 65.1 Å². The van der Waals surface area contributed by atoms with Gasteiger partial charge >= 0.3 is 0 Å². The highest BCUT2D eigenvalue weighted by molar-refractivity contribution is 6.07. The molecule has 0 amide bonds. The molecule has 3 aromatic carbocycles. The molecule has 0 aliphatic heterocycles. The van der Waals surface area contributed by atoms with E-state index in [-0.39, 0.29) is 22.7 Å². The van der Waals surface area contributed by atoms with Gasteiger partial charge in [-0.1, -0.05) is 45.0 Å². The van der Waals surface area contributed by atoms with Crippen molar-refractivity contribution in [2.45, 2.75) is 32.8 Å². The van der Waals surface area contributed by atoms with Crippen LogP contribution in [0.2, 0.25) is 0 Å². The highest BCUT2D eigenvalue weighted by Gasteiger charge is 2.13.